The van der Waals surface area contributed by atoms with Crippen LogP contribution in [0.1, 0.15) is 6.42 Å². The van der Waals surface area contributed by atoms with Gasteiger partial charge < -0.3 is 4.74 Å². The van der Waals surface area contributed by atoms with Crippen molar-refractivity contribution in [3.05, 3.63) is 54.1 Å². The number of para-hydroxylation sites is 2. The van der Waals surface area contributed by atoms with Crippen LogP contribution < -0.4 is 8.61 Å². The van der Waals surface area contributed by atoms with E-state index in [1.807, 2.05) is 0 Å². The van der Waals surface area contributed by atoms with Crippen molar-refractivity contribution in [3.8, 4) is 0 Å². The Morgan fingerprint density at radius 3 is 2.46 bits per heavy atom. The minimum absolute atomic E-state index is 0.0616. The second-order valence-corrected chi connectivity index (χ2v) is 7.38. The summed E-state index contributed by atoms with van der Waals surface area (Å²) in [6.45, 7) is 0.909. The first-order chi connectivity index (χ1) is 11.5. The van der Waals surface area contributed by atoms with E-state index >= 15 is 0 Å². The second kappa shape index (κ2) is 5.42. The highest BCUT2D eigenvalue weighted by atomic mass is 32.2. The Morgan fingerprint density at radius 1 is 1.08 bits per heavy atom. The van der Waals surface area contributed by atoms with E-state index in [0.717, 1.165) is 16.4 Å². The lowest BCUT2D eigenvalue weighted by atomic mass is 10.2. The largest absolute Gasteiger partial charge is 0.373 e. The molecule has 2 aliphatic heterocycles. The fourth-order valence-corrected chi connectivity index (χ4v) is 4.53. The van der Waals surface area contributed by atoms with Gasteiger partial charge in [-0.25, -0.2) is 13.1 Å². The van der Waals surface area contributed by atoms with E-state index in [0.29, 0.717) is 24.4 Å². The number of hydrogen-bond donors (Lipinski definition) is 0. The summed E-state index contributed by atoms with van der Waals surface area (Å²) >= 11 is 0. The van der Waals surface area contributed by atoms with Gasteiger partial charge in [-0.3, -0.25) is 4.31 Å². The fourth-order valence-electron chi connectivity index (χ4n) is 2.81. The highest BCUT2D eigenvalue weighted by molar-refractivity contribution is 7.95. The standard InChI is InChI=1S/C16H14F2N2O3S/c17-13-6-5-11(9-14(13)18)20-16-4-2-1-3-15(16)19(24(20,21)22)8-7-12-10-23-12/h1-6,9,12H,7-8,10H2/t12-/m1/s1. The molecular weight excluding hydrogens is 338 g/mol. The average Bonchev–Trinajstić information content (AvgIpc) is 3.33. The number of halogens is 2. The SMILES string of the molecule is O=S1(=O)N(CC[C@@H]2CO2)c2ccccc2N1c1ccc(F)c(F)c1. The lowest BCUT2D eigenvalue weighted by Crippen LogP contribution is -2.36. The van der Waals surface area contributed by atoms with Gasteiger partial charge in [-0.2, -0.15) is 8.42 Å². The van der Waals surface area contributed by atoms with Crippen LogP contribution in [0.2, 0.25) is 0 Å². The van der Waals surface area contributed by atoms with Gasteiger partial charge in [0.25, 0.3) is 0 Å². The summed E-state index contributed by atoms with van der Waals surface area (Å²) in [7, 11) is -3.92. The Morgan fingerprint density at radius 2 is 1.79 bits per heavy atom. The van der Waals surface area contributed by atoms with Crippen molar-refractivity contribution in [1.82, 2.24) is 0 Å². The van der Waals surface area contributed by atoms with Crippen molar-refractivity contribution in [2.45, 2.75) is 12.5 Å². The maximum absolute atomic E-state index is 13.6. The normalized spacial score (nSPS) is 21.0. The van der Waals surface area contributed by atoms with Gasteiger partial charge in [0.1, 0.15) is 0 Å². The molecule has 1 atom stereocenters. The fraction of sp³-hybridized carbons (Fsp3) is 0.250. The molecule has 0 N–H and O–H groups in total. The molecule has 2 heterocycles. The first-order valence-electron chi connectivity index (χ1n) is 7.47. The third-order valence-electron chi connectivity index (χ3n) is 4.07. The van der Waals surface area contributed by atoms with Crippen LogP contribution in [0.3, 0.4) is 0 Å². The van der Waals surface area contributed by atoms with E-state index < -0.39 is 21.8 Å². The highest BCUT2D eigenvalue weighted by Gasteiger charge is 2.42. The van der Waals surface area contributed by atoms with Crippen LogP contribution in [0.25, 0.3) is 0 Å². The van der Waals surface area contributed by atoms with Gasteiger partial charge in [-0.15, -0.1) is 0 Å². The molecule has 0 aromatic heterocycles. The van der Waals surface area contributed by atoms with E-state index in [-0.39, 0.29) is 18.3 Å². The van der Waals surface area contributed by atoms with Crippen molar-refractivity contribution < 1.29 is 21.9 Å². The summed E-state index contributed by atoms with van der Waals surface area (Å²) in [6.07, 6.45) is 0.670. The van der Waals surface area contributed by atoms with E-state index in [2.05, 4.69) is 0 Å². The lowest BCUT2D eigenvalue weighted by Gasteiger charge is -2.21. The number of epoxide rings is 1. The van der Waals surface area contributed by atoms with Crippen molar-refractivity contribution in [2.24, 2.45) is 0 Å². The Kier molecular flexibility index (Phi) is 3.47. The first-order valence-corrected chi connectivity index (χ1v) is 8.87. The molecule has 8 heteroatoms. The summed E-state index contributed by atoms with van der Waals surface area (Å²) in [5, 5.41) is 0. The molecule has 0 aliphatic carbocycles. The quantitative estimate of drug-likeness (QED) is 0.795. The summed E-state index contributed by atoms with van der Waals surface area (Å²) in [5.74, 6) is -2.11. The number of fused-ring (bicyclic) bond motifs is 1. The monoisotopic (exact) mass is 352 g/mol. The minimum atomic E-state index is -3.92. The van der Waals surface area contributed by atoms with Crippen molar-refractivity contribution in [3.63, 3.8) is 0 Å². The van der Waals surface area contributed by atoms with Gasteiger partial charge in [-0.1, -0.05) is 12.1 Å². The number of benzene rings is 2. The van der Waals surface area contributed by atoms with Gasteiger partial charge in [0.15, 0.2) is 11.6 Å². The smallest absolute Gasteiger partial charge is 0.330 e. The van der Waals surface area contributed by atoms with Gasteiger partial charge in [0, 0.05) is 12.6 Å². The molecule has 2 aromatic rings. The molecule has 0 radical (unpaired) electrons. The zero-order valence-corrected chi connectivity index (χ0v) is 13.3. The summed E-state index contributed by atoms with van der Waals surface area (Å²) in [5.41, 5.74) is 0.995. The van der Waals surface area contributed by atoms with E-state index in [9.17, 15) is 17.2 Å². The second-order valence-electron chi connectivity index (χ2n) is 5.68. The topological polar surface area (TPSA) is 53.2 Å². The number of ether oxygens (including phenoxy) is 1. The predicted molar refractivity (Wildman–Crippen MR) is 85.6 cm³/mol. The van der Waals surface area contributed by atoms with Gasteiger partial charge in [0.05, 0.1) is 29.8 Å². The molecule has 0 saturated carbocycles. The molecule has 126 valence electrons. The number of hydrogen-bond acceptors (Lipinski definition) is 3. The van der Waals surface area contributed by atoms with Crippen LogP contribution in [0, 0.1) is 11.6 Å². The average molecular weight is 352 g/mol. The molecule has 0 spiro atoms. The minimum Gasteiger partial charge on any atom is -0.373 e. The number of nitrogens with zero attached hydrogens (tertiary/aromatic N) is 2. The number of rotatable bonds is 4. The lowest BCUT2D eigenvalue weighted by molar-refractivity contribution is 0.399. The predicted octanol–water partition coefficient (Wildman–Crippen LogP) is 2.96. The van der Waals surface area contributed by atoms with Gasteiger partial charge in [0.2, 0.25) is 0 Å². The summed E-state index contributed by atoms with van der Waals surface area (Å²) < 4.78 is 60.2. The third-order valence-corrected chi connectivity index (χ3v) is 5.88. The Labute approximate surface area is 138 Å². The first kappa shape index (κ1) is 15.3. The highest BCUT2D eigenvalue weighted by Crippen LogP contribution is 2.45. The van der Waals surface area contributed by atoms with Crippen LogP contribution in [-0.2, 0) is 14.9 Å². The van der Waals surface area contributed by atoms with Crippen LogP contribution in [0.4, 0.5) is 25.8 Å². The molecule has 24 heavy (non-hydrogen) atoms. The van der Waals surface area contributed by atoms with Crippen LogP contribution >= 0.6 is 0 Å². The van der Waals surface area contributed by atoms with Crippen LogP contribution in [-0.4, -0.2) is 27.7 Å². The van der Waals surface area contributed by atoms with Crippen molar-refractivity contribution in [1.29, 1.82) is 0 Å². The third kappa shape index (κ3) is 2.42. The molecule has 5 nitrogen and oxygen atoms in total. The molecule has 1 fully saturated rings. The molecular formula is C16H14F2N2O3S. The Bertz CT molecular complexity index is 900. The van der Waals surface area contributed by atoms with Gasteiger partial charge in [-0.05, 0) is 30.7 Å². The molecule has 4 rings (SSSR count). The van der Waals surface area contributed by atoms with E-state index in [4.69, 9.17) is 4.74 Å². The molecule has 0 unspecified atom stereocenters. The molecule has 1 saturated heterocycles. The Hall–Kier alpha value is -2.19. The number of anilines is 3. The summed E-state index contributed by atoms with van der Waals surface area (Å²) in [4.78, 5) is 0. The van der Waals surface area contributed by atoms with Crippen LogP contribution in [0.15, 0.2) is 42.5 Å². The van der Waals surface area contributed by atoms with Crippen LogP contribution in [0.5, 0.6) is 0 Å². The molecule has 0 amide bonds. The van der Waals surface area contributed by atoms with Crippen molar-refractivity contribution in [2.75, 3.05) is 21.8 Å². The Balaban J connectivity index is 1.79. The van der Waals surface area contributed by atoms with Crippen molar-refractivity contribution >= 4 is 27.3 Å². The van der Waals surface area contributed by atoms with E-state index in [1.165, 1.54) is 10.4 Å². The van der Waals surface area contributed by atoms with Gasteiger partial charge >= 0.3 is 10.2 Å². The summed E-state index contributed by atoms with van der Waals surface area (Å²) in [6, 6.07) is 9.83. The molecule has 2 aromatic carbocycles. The zero-order chi connectivity index (χ0) is 16.9. The molecule has 2 aliphatic rings. The maximum Gasteiger partial charge on any atom is 0.330 e. The van der Waals surface area contributed by atoms with E-state index in [1.54, 1.807) is 24.3 Å². The maximum atomic E-state index is 13.6. The molecule has 0 bridgehead atoms. The zero-order valence-electron chi connectivity index (χ0n) is 12.5.